The Morgan fingerprint density at radius 3 is 2.78 bits per heavy atom. The third-order valence-electron chi connectivity index (χ3n) is 4.49. The van der Waals surface area contributed by atoms with Gasteiger partial charge < -0.3 is 4.90 Å². The zero-order valence-corrected chi connectivity index (χ0v) is 13.2. The van der Waals surface area contributed by atoms with Crippen LogP contribution < -0.4 is 5.01 Å². The Kier molecular flexibility index (Phi) is 4.04. The van der Waals surface area contributed by atoms with E-state index in [-0.39, 0.29) is 24.8 Å². The van der Waals surface area contributed by atoms with Gasteiger partial charge in [-0.2, -0.15) is 5.10 Å². The molecule has 0 N–H and O–H groups in total. The second-order valence-electron chi connectivity index (χ2n) is 6.14. The molecule has 3 rings (SSSR count). The van der Waals surface area contributed by atoms with Crippen molar-refractivity contribution in [3.05, 3.63) is 24.5 Å². The monoisotopic (exact) mass is 322 g/mol. The summed E-state index contributed by atoms with van der Waals surface area (Å²) in [4.78, 5) is 18.3. The minimum atomic E-state index is -2.68. The van der Waals surface area contributed by atoms with Gasteiger partial charge in [-0.25, -0.2) is 8.78 Å². The van der Waals surface area contributed by atoms with Crippen LogP contribution in [0.2, 0.25) is 0 Å². The molecule has 1 saturated carbocycles. The third kappa shape index (κ3) is 3.04. The largest absolute Gasteiger partial charge is 0.333 e. The first-order valence-corrected chi connectivity index (χ1v) is 7.82. The number of hydrazone groups is 1. The van der Waals surface area contributed by atoms with Crippen LogP contribution in [0.1, 0.15) is 26.7 Å². The number of hydrogen-bond donors (Lipinski definition) is 0. The first-order chi connectivity index (χ1) is 10.9. The molecular weight excluding hydrogens is 302 g/mol. The summed E-state index contributed by atoms with van der Waals surface area (Å²) in [7, 11) is 0. The van der Waals surface area contributed by atoms with Crippen molar-refractivity contribution in [1.82, 2.24) is 9.88 Å². The second-order valence-corrected chi connectivity index (χ2v) is 6.14. The molecule has 0 bridgehead atoms. The summed E-state index contributed by atoms with van der Waals surface area (Å²) in [5.74, 6) is -3.43. The van der Waals surface area contributed by atoms with Gasteiger partial charge in [-0.15, -0.1) is 0 Å². The van der Waals surface area contributed by atoms with E-state index in [4.69, 9.17) is 0 Å². The molecule has 0 saturated heterocycles. The van der Waals surface area contributed by atoms with Crippen molar-refractivity contribution < 1.29 is 13.6 Å². The molecule has 1 atom stereocenters. The van der Waals surface area contributed by atoms with Gasteiger partial charge in [0.2, 0.25) is 11.8 Å². The quantitative estimate of drug-likeness (QED) is 0.856. The van der Waals surface area contributed by atoms with Crippen LogP contribution in [0.3, 0.4) is 0 Å². The lowest BCUT2D eigenvalue weighted by molar-refractivity contribution is -0.160. The number of hydrogen-bond acceptors (Lipinski definition) is 4. The molecule has 23 heavy (non-hydrogen) atoms. The molecule has 1 aliphatic carbocycles. The lowest BCUT2D eigenvalue weighted by atomic mass is 9.80. The van der Waals surface area contributed by atoms with E-state index in [1.165, 1.54) is 0 Å². The van der Waals surface area contributed by atoms with Gasteiger partial charge in [-0.1, -0.05) is 0 Å². The molecule has 1 aromatic rings. The Morgan fingerprint density at radius 2 is 2.22 bits per heavy atom. The van der Waals surface area contributed by atoms with Crippen molar-refractivity contribution in [2.45, 2.75) is 38.7 Å². The highest BCUT2D eigenvalue weighted by molar-refractivity contribution is 5.95. The zero-order chi connectivity index (χ0) is 16.6. The summed E-state index contributed by atoms with van der Waals surface area (Å²) >= 11 is 0. The van der Waals surface area contributed by atoms with Gasteiger partial charge in [0.1, 0.15) is 0 Å². The molecule has 0 spiro atoms. The Balaban J connectivity index is 1.71. The standard InChI is InChI=1S/C16H20F2N4O/c1-3-21(15(23)12-7-16(17,18)8-12)14-10-22(20-11(14)2)13-5-4-6-19-9-13/h4-6,9,12,14H,3,7-8,10H2,1-2H3. The summed E-state index contributed by atoms with van der Waals surface area (Å²) in [6.45, 7) is 4.75. The Hall–Kier alpha value is -2.05. The van der Waals surface area contributed by atoms with E-state index in [0.717, 1.165) is 11.4 Å². The number of amides is 1. The first kappa shape index (κ1) is 15.8. The van der Waals surface area contributed by atoms with Crippen molar-refractivity contribution in [3.63, 3.8) is 0 Å². The van der Waals surface area contributed by atoms with Gasteiger partial charge in [0.25, 0.3) is 0 Å². The number of alkyl halides is 2. The summed E-state index contributed by atoms with van der Waals surface area (Å²) in [5, 5.41) is 6.30. The van der Waals surface area contributed by atoms with E-state index in [1.807, 2.05) is 26.0 Å². The van der Waals surface area contributed by atoms with Gasteiger partial charge in [-0.3, -0.25) is 14.8 Å². The summed E-state index contributed by atoms with van der Waals surface area (Å²) in [6.07, 6.45) is 2.73. The lowest BCUT2D eigenvalue weighted by Gasteiger charge is -2.39. The number of aromatic nitrogens is 1. The molecule has 124 valence electrons. The number of likely N-dealkylation sites (N-methyl/N-ethyl adjacent to an activating group) is 1. The van der Waals surface area contributed by atoms with E-state index in [1.54, 1.807) is 22.3 Å². The highest BCUT2D eigenvalue weighted by atomic mass is 19.3. The summed E-state index contributed by atoms with van der Waals surface area (Å²) in [6, 6.07) is 3.55. The molecule has 1 unspecified atom stereocenters. The zero-order valence-electron chi connectivity index (χ0n) is 13.2. The molecule has 0 radical (unpaired) electrons. The predicted octanol–water partition coefficient (Wildman–Crippen LogP) is 2.54. The van der Waals surface area contributed by atoms with Gasteiger partial charge >= 0.3 is 0 Å². The number of anilines is 1. The van der Waals surface area contributed by atoms with Crippen LogP contribution in [0.15, 0.2) is 29.6 Å². The van der Waals surface area contributed by atoms with E-state index < -0.39 is 11.8 Å². The van der Waals surface area contributed by atoms with Crippen molar-refractivity contribution in [1.29, 1.82) is 0 Å². The third-order valence-corrected chi connectivity index (χ3v) is 4.49. The van der Waals surface area contributed by atoms with Crippen molar-refractivity contribution >= 4 is 17.3 Å². The van der Waals surface area contributed by atoms with E-state index in [2.05, 4.69) is 10.1 Å². The maximum atomic E-state index is 13.0. The Labute approximate surface area is 134 Å². The van der Waals surface area contributed by atoms with Crippen LogP contribution in [-0.4, -0.2) is 46.6 Å². The van der Waals surface area contributed by atoms with Crippen molar-refractivity contribution in [2.75, 3.05) is 18.1 Å². The maximum absolute atomic E-state index is 13.0. The fourth-order valence-electron chi connectivity index (χ4n) is 3.19. The molecule has 2 aliphatic rings. The summed E-state index contributed by atoms with van der Waals surface area (Å²) < 4.78 is 26.1. The number of pyridine rings is 1. The van der Waals surface area contributed by atoms with E-state index >= 15 is 0 Å². The van der Waals surface area contributed by atoms with Gasteiger partial charge in [0, 0.05) is 31.5 Å². The number of carbonyl (C=O) groups is 1. The number of halogens is 2. The average molecular weight is 322 g/mol. The topological polar surface area (TPSA) is 48.8 Å². The SMILES string of the molecule is CCN(C(=O)C1CC(F)(F)C1)C1CN(c2cccnc2)N=C1C. The van der Waals surface area contributed by atoms with E-state index in [0.29, 0.717) is 13.1 Å². The molecule has 1 aliphatic heterocycles. The van der Waals surface area contributed by atoms with Crippen LogP contribution in [0.4, 0.5) is 14.5 Å². The molecule has 5 nitrogen and oxygen atoms in total. The molecule has 1 fully saturated rings. The smallest absolute Gasteiger partial charge is 0.249 e. The second kappa shape index (κ2) is 5.86. The lowest BCUT2D eigenvalue weighted by Crippen LogP contribution is -2.52. The highest BCUT2D eigenvalue weighted by Gasteiger charge is 2.50. The molecule has 1 amide bonds. The van der Waals surface area contributed by atoms with Crippen LogP contribution in [0, 0.1) is 5.92 Å². The molecule has 0 aromatic carbocycles. The normalized spacial score (nSPS) is 23.4. The first-order valence-electron chi connectivity index (χ1n) is 7.82. The molecule has 2 heterocycles. The number of rotatable bonds is 4. The van der Waals surface area contributed by atoms with Gasteiger partial charge in [-0.05, 0) is 26.0 Å². The predicted molar refractivity (Wildman–Crippen MR) is 83.5 cm³/mol. The fourth-order valence-corrected chi connectivity index (χ4v) is 3.19. The fraction of sp³-hybridized carbons (Fsp3) is 0.562. The number of nitrogens with zero attached hydrogens (tertiary/aromatic N) is 4. The van der Waals surface area contributed by atoms with Crippen molar-refractivity contribution in [3.8, 4) is 0 Å². The average Bonchev–Trinajstić information content (AvgIpc) is 2.88. The maximum Gasteiger partial charge on any atom is 0.249 e. The van der Waals surface area contributed by atoms with Crippen molar-refractivity contribution in [2.24, 2.45) is 11.0 Å². The minimum absolute atomic E-state index is 0.179. The molecular formula is C16H20F2N4O. The van der Waals surface area contributed by atoms with Crippen LogP contribution in [0.25, 0.3) is 0 Å². The Bertz CT molecular complexity index is 612. The highest BCUT2D eigenvalue weighted by Crippen LogP contribution is 2.43. The van der Waals surface area contributed by atoms with Crippen LogP contribution in [-0.2, 0) is 4.79 Å². The van der Waals surface area contributed by atoms with Gasteiger partial charge in [0.05, 0.1) is 30.2 Å². The molecule has 7 heteroatoms. The number of carbonyl (C=O) groups excluding carboxylic acids is 1. The molecule has 1 aromatic heterocycles. The van der Waals surface area contributed by atoms with Crippen LogP contribution in [0.5, 0.6) is 0 Å². The van der Waals surface area contributed by atoms with Crippen LogP contribution >= 0.6 is 0 Å². The minimum Gasteiger partial charge on any atom is -0.333 e. The summed E-state index contributed by atoms with van der Waals surface area (Å²) in [5.41, 5.74) is 1.67. The Morgan fingerprint density at radius 1 is 1.48 bits per heavy atom. The van der Waals surface area contributed by atoms with E-state index in [9.17, 15) is 13.6 Å². The van der Waals surface area contributed by atoms with Gasteiger partial charge in [0.15, 0.2) is 0 Å².